The van der Waals surface area contributed by atoms with Gasteiger partial charge in [0.25, 0.3) is 0 Å². The van der Waals surface area contributed by atoms with Crippen LogP contribution >= 0.6 is 0 Å². The fourth-order valence-corrected chi connectivity index (χ4v) is 10.7. The molecule has 2 unspecified atom stereocenters. The van der Waals surface area contributed by atoms with Crippen molar-refractivity contribution in [3.05, 3.63) is 0 Å². The lowest BCUT2D eigenvalue weighted by atomic mass is 9.42. The van der Waals surface area contributed by atoms with Crippen LogP contribution in [0.3, 0.4) is 0 Å². The van der Waals surface area contributed by atoms with E-state index in [0.717, 1.165) is 13.0 Å². The molecule has 7 bridgehead atoms. The van der Waals surface area contributed by atoms with Gasteiger partial charge in [0.1, 0.15) is 11.2 Å². The number of hydrogen-bond acceptors (Lipinski definition) is 8. The predicted octanol–water partition coefficient (Wildman–Crippen LogP) is -0.383. The van der Waals surface area contributed by atoms with E-state index < -0.39 is 46.9 Å². The second-order valence-electron chi connectivity index (χ2n) is 11.7. The van der Waals surface area contributed by atoms with E-state index in [4.69, 9.17) is 14.2 Å². The highest BCUT2D eigenvalue weighted by atomic mass is 16.5. The molecule has 182 valence electrons. The third-order valence-electron chi connectivity index (χ3n) is 11.2. The Morgan fingerprint density at radius 2 is 1.84 bits per heavy atom. The van der Waals surface area contributed by atoms with Gasteiger partial charge in [-0.2, -0.15) is 0 Å². The molecular weight excluding hydrogens is 414 g/mol. The number of rotatable bonds is 5. The SMILES string of the molecule is CCN1C[C@]2(COC)CC[C@H](O)[C@]34C1[C@@](O)([C@@H](OC)[C@H]23)[C@@]1(O)C[C@H](OC)C2C[C@@H]4[C@@H]1[C@H]2O. The van der Waals surface area contributed by atoms with Crippen LogP contribution in [0.2, 0.25) is 0 Å². The van der Waals surface area contributed by atoms with Crippen molar-refractivity contribution in [2.75, 3.05) is 41.0 Å². The Kier molecular flexibility index (Phi) is 4.62. The molecule has 8 heteroatoms. The van der Waals surface area contributed by atoms with Crippen LogP contribution < -0.4 is 0 Å². The molecule has 32 heavy (non-hydrogen) atoms. The fourth-order valence-electron chi connectivity index (χ4n) is 10.7. The molecule has 1 heterocycles. The molecule has 0 amide bonds. The number of likely N-dealkylation sites (tertiary alicyclic amines) is 1. The molecule has 1 spiro atoms. The van der Waals surface area contributed by atoms with Gasteiger partial charge in [-0.05, 0) is 31.7 Å². The lowest BCUT2D eigenvalue weighted by Crippen LogP contribution is -2.81. The van der Waals surface area contributed by atoms with Crippen molar-refractivity contribution in [1.82, 2.24) is 4.90 Å². The van der Waals surface area contributed by atoms with Crippen molar-refractivity contribution in [2.45, 2.75) is 74.3 Å². The van der Waals surface area contributed by atoms with Gasteiger partial charge in [-0.1, -0.05) is 6.92 Å². The van der Waals surface area contributed by atoms with Gasteiger partial charge < -0.3 is 34.6 Å². The second-order valence-corrected chi connectivity index (χ2v) is 11.7. The molecule has 4 N–H and O–H groups in total. The molecule has 0 aromatic carbocycles. The summed E-state index contributed by atoms with van der Waals surface area (Å²) in [6, 6.07) is -0.442. The molecule has 1 aliphatic heterocycles. The Hall–Kier alpha value is -0.320. The molecule has 0 aromatic heterocycles. The lowest BCUT2D eigenvalue weighted by Gasteiger charge is -2.69. The number of likely N-dealkylation sites (N-methyl/N-ethyl adjacent to an activating group) is 1. The number of fused-ring (bicyclic) bond motifs is 2. The molecule has 0 aromatic rings. The molecule has 0 radical (unpaired) electrons. The van der Waals surface area contributed by atoms with Gasteiger partial charge in [0, 0.05) is 62.9 Å². The van der Waals surface area contributed by atoms with E-state index in [1.807, 2.05) is 0 Å². The molecule has 6 fully saturated rings. The summed E-state index contributed by atoms with van der Waals surface area (Å²) in [5, 5.41) is 48.5. The lowest BCUT2D eigenvalue weighted by molar-refractivity contribution is -0.317. The quantitative estimate of drug-likeness (QED) is 0.446. The highest BCUT2D eigenvalue weighted by Gasteiger charge is 2.91. The molecular formula is C24H39NO7. The van der Waals surface area contributed by atoms with Crippen molar-refractivity contribution >= 4 is 0 Å². The number of aliphatic hydroxyl groups excluding tert-OH is 2. The van der Waals surface area contributed by atoms with Crippen LogP contribution in [0.5, 0.6) is 0 Å². The fraction of sp³-hybridized carbons (Fsp3) is 1.00. The number of hydrogen-bond donors (Lipinski definition) is 4. The number of methoxy groups -OCH3 is 3. The van der Waals surface area contributed by atoms with Crippen LogP contribution in [0.15, 0.2) is 0 Å². The maximum Gasteiger partial charge on any atom is 0.136 e. The maximum atomic E-state index is 12.8. The summed E-state index contributed by atoms with van der Waals surface area (Å²) in [4.78, 5) is 2.28. The summed E-state index contributed by atoms with van der Waals surface area (Å²) in [6.45, 7) is 4.05. The van der Waals surface area contributed by atoms with Crippen molar-refractivity contribution in [1.29, 1.82) is 0 Å². The molecule has 6 rings (SSSR count). The molecule has 5 saturated carbocycles. The van der Waals surface area contributed by atoms with Gasteiger partial charge in [0.15, 0.2) is 0 Å². The van der Waals surface area contributed by atoms with Crippen LogP contribution in [-0.4, -0.2) is 108 Å². The van der Waals surface area contributed by atoms with E-state index in [-0.39, 0.29) is 35.7 Å². The van der Waals surface area contributed by atoms with Gasteiger partial charge in [0.2, 0.25) is 0 Å². The third-order valence-corrected chi connectivity index (χ3v) is 11.2. The largest absolute Gasteiger partial charge is 0.392 e. The first kappa shape index (κ1) is 22.2. The van der Waals surface area contributed by atoms with Crippen LogP contribution in [0, 0.1) is 34.5 Å². The van der Waals surface area contributed by atoms with E-state index in [9.17, 15) is 20.4 Å². The van der Waals surface area contributed by atoms with Gasteiger partial charge in [-0.15, -0.1) is 0 Å². The van der Waals surface area contributed by atoms with Gasteiger partial charge >= 0.3 is 0 Å². The highest BCUT2D eigenvalue weighted by Crippen LogP contribution is 2.80. The average molecular weight is 454 g/mol. The normalized spacial score (nSPS) is 62.4. The van der Waals surface area contributed by atoms with Crippen LogP contribution in [0.25, 0.3) is 0 Å². The highest BCUT2D eigenvalue weighted by molar-refractivity contribution is 5.41. The minimum absolute atomic E-state index is 0.102. The van der Waals surface area contributed by atoms with Crippen molar-refractivity contribution in [3.63, 3.8) is 0 Å². The first-order valence-electron chi connectivity index (χ1n) is 12.3. The van der Waals surface area contributed by atoms with E-state index in [1.165, 1.54) is 0 Å². The third kappa shape index (κ3) is 1.99. The molecule has 1 saturated heterocycles. The van der Waals surface area contributed by atoms with Crippen molar-refractivity contribution < 1.29 is 34.6 Å². The molecule has 6 aliphatic rings. The summed E-state index contributed by atoms with van der Waals surface area (Å²) in [5.41, 5.74) is -4.15. The first-order chi connectivity index (χ1) is 15.2. The Morgan fingerprint density at radius 3 is 2.47 bits per heavy atom. The van der Waals surface area contributed by atoms with Gasteiger partial charge in [0.05, 0.1) is 37.1 Å². The van der Waals surface area contributed by atoms with Crippen molar-refractivity contribution in [2.24, 2.45) is 34.5 Å². The summed E-state index contributed by atoms with van der Waals surface area (Å²) < 4.78 is 17.7. The zero-order valence-corrected chi connectivity index (χ0v) is 19.6. The monoisotopic (exact) mass is 453 g/mol. The van der Waals surface area contributed by atoms with Gasteiger partial charge in [-0.25, -0.2) is 0 Å². The number of piperidine rings is 1. The number of aliphatic hydroxyl groups is 4. The standard InChI is InChI=1S/C24H39NO7/c1-5-25-10-21(11-30-2)7-6-15(26)23-13-8-12-14(31-3)9-22(28,16(13)17(12)27)24(29,20(23)25)19(32-4)18(21)23/h12-20,26-29H,5-11H2,1-4H3/t12?,13-,14+,15+,16-,17+,18-,19+,20?,21+,22-,23+,24+/m1/s1. The Balaban J connectivity index is 1.67. The van der Waals surface area contributed by atoms with Crippen molar-refractivity contribution in [3.8, 4) is 0 Å². The second kappa shape index (κ2) is 6.66. The average Bonchev–Trinajstić information content (AvgIpc) is 3.14. The topological polar surface area (TPSA) is 112 Å². The number of ether oxygens (including phenoxy) is 3. The van der Waals surface area contributed by atoms with Crippen LogP contribution in [-0.2, 0) is 14.2 Å². The van der Waals surface area contributed by atoms with Crippen LogP contribution in [0.1, 0.15) is 32.6 Å². The molecule has 8 nitrogen and oxygen atoms in total. The molecule has 13 atom stereocenters. The summed E-state index contributed by atoms with van der Waals surface area (Å²) >= 11 is 0. The molecule has 5 aliphatic carbocycles. The minimum atomic E-state index is -1.63. The zero-order valence-electron chi connectivity index (χ0n) is 19.6. The summed E-state index contributed by atoms with van der Waals surface area (Å²) in [5.74, 6) is -0.889. The Labute approximate surface area is 189 Å². The Bertz CT molecular complexity index is 798. The zero-order chi connectivity index (χ0) is 22.8. The first-order valence-corrected chi connectivity index (χ1v) is 12.3. The van der Waals surface area contributed by atoms with Gasteiger partial charge in [-0.3, -0.25) is 4.90 Å². The summed E-state index contributed by atoms with van der Waals surface area (Å²) in [7, 11) is 4.95. The van der Waals surface area contributed by atoms with E-state index in [1.54, 1.807) is 21.3 Å². The maximum absolute atomic E-state index is 12.8. The van der Waals surface area contributed by atoms with E-state index in [0.29, 0.717) is 26.0 Å². The smallest absolute Gasteiger partial charge is 0.136 e. The van der Waals surface area contributed by atoms with E-state index >= 15 is 0 Å². The van der Waals surface area contributed by atoms with E-state index in [2.05, 4.69) is 11.8 Å². The predicted molar refractivity (Wildman–Crippen MR) is 114 cm³/mol. The Morgan fingerprint density at radius 1 is 1.09 bits per heavy atom. The summed E-state index contributed by atoms with van der Waals surface area (Å²) in [6.07, 6.45) is -0.0296. The van der Waals surface area contributed by atoms with Crippen LogP contribution in [0.4, 0.5) is 0 Å². The minimum Gasteiger partial charge on any atom is -0.392 e. The number of nitrogens with zero attached hydrogens (tertiary/aromatic N) is 1.